The topological polar surface area (TPSA) is 54.5 Å². The van der Waals surface area contributed by atoms with Crippen LogP contribution in [0.25, 0.3) is 0 Å². The van der Waals surface area contributed by atoms with Crippen LogP contribution in [0.1, 0.15) is 46.3 Å². The van der Waals surface area contributed by atoms with Crippen molar-refractivity contribution in [2.24, 2.45) is 0 Å². The normalized spacial score (nSPS) is 20.6. The molecular weight excluding hydrogens is 306 g/mol. The highest BCUT2D eigenvalue weighted by Crippen LogP contribution is 2.25. The van der Waals surface area contributed by atoms with Crippen molar-refractivity contribution in [1.82, 2.24) is 4.90 Å². The number of nitrogens with zero attached hydrogens (tertiary/aromatic N) is 1. The van der Waals surface area contributed by atoms with Gasteiger partial charge in [0.25, 0.3) is 5.91 Å². The molecule has 1 atom stereocenters. The van der Waals surface area contributed by atoms with Crippen LogP contribution in [0, 0.1) is 13.8 Å². The van der Waals surface area contributed by atoms with Gasteiger partial charge in [-0.3, -0.25) is 4.79 Å². The van der Waals surface area contributed by atoms with Crippen LogP contribution >= 0.6 is 11.3 Å². The Morgan fingerprint density at radius 2 is 2.14 bits per heavy atom. The molecule has 1 aromatic heterocycles. The molecule has 1 aliphatic heterocycles. The molecule has 2 rings (SSSR count). The second-order valence-electron chi connectivity index (χ2n) is 5.74. The van der Waals surface area contributed by atoms with Crippen molar-refractivity contribution in [3.63, 3.8) is 0 Å². The zero-order valence-electron chi connectivity index (χ0n) is 12.9. The lowest BCUT2D eigenvalue weighted by atomic mass is 10.1. The third-order valence-electron chi connectivity index (χ3n) is 3.93. The van der Waals surface area contributed by atoms with Gasteiger partial charge in [0.2, 0.25) is 0 Å². The van der Waals surface area contributed by atoms with Crippen LogP contribution in [0.2, 0.25) is 0 Å². The predicted molar refractivity (Wildman–Crippen MR) is 86.8 cm³/mol. The Kier molecular flexibility index (Phi) is 5.09. The molecule has 0 N–H and O–H groups in total. The van der Waals surface area contributed by atoms with E-state index in [0.717, 1.165) is 28.2 Å². The average Bonchev–Trinajstić information content (AvgIpc) is 2.92. The second-order valence-corrected chi connectivity index (χ2v) is 9.43. The number of hydrogen-bond acceptors (Lipinski definition) is 4. The number of hydrogen-bond donors (Lipinski definition) is 0. The summed E-state index contributed by atoms with van der Waals surface area (Å²) in [5.74, 6) is 0.312. The fraction of sp³-hybridized carbons (Fsp3) is 0.667. The van der Waals surface area contributed by atoms with Gasteiger partial charge in [-0.2, -0.15) is 0 Å². The van der Waals surface area contributed by atoms with E-state index in [4.69, 9.17) is 0 Å². The van der Waals surface area contributed by atoms with Crippen LogP contribution in [0.4, 0.5) is 0 Å². The first-order chi connectivity index (χ1) is 9.84. The lowest BCUT2D eigenvalue weighted by Gasteiger charge is -2.28. The average molecular weight is 329 g/mol. The van der Waals surface area contributed by atoms with Crippen molar-refractivity contribution in [1.29, 1.82) is 0 Å². The van der Waals surface area contributed by atoms with E-state index in [0.29, 0.717) is 13.0 Å². The smallest absolute Gasteiger partial charge is 0.255 e. The maximum absolute atomic E-state index is 12.8. The van der Waals surface area contributed by atoms with Crippen LogP contribution < -0.4 is 0 Å². The Labute approximate surface area is 131 Å². The number of sulfone groups is 1. The van der Waals surface area contributed by atoms with E-state index < -0.39 is 9.84 Å². The molecule has 0 radical (unpaired) electrons. The summed E-state index contributed by atoms with van der Waals surface area (Å²) in [5.41, 5.74) is 0.734. The Balaban J connectivity index is 2.23. The fourth-order valence-electron chi connectivity index (χ4n) is 2.80. The van der Waals surface area contributed by atoms with Crippen LogP contribution in [0.5, 0.6) is 0 Å². The Morgan fingerprint density at radius 3 is 2.62 bits per heavy atom. The van der Waals surface area contributed by atoms with Crippen LogP contribution in [0.3, 0.4) is 0 Å². The van der Waals surface area contributed by atoms with E-state index in [1.54, 1.807) is 16.2 Å². The number of unbranched alkanes of at least 4 members (excludes halogenated alkanes) is 1. The first-order valence-corrected chi connectivity index (χ1v) is 10.1. The van der Waals surface area contributed by atoms with Gasteiger partial charge in [-0.1, -0.05) is 13.3 Å². The number of carbonyl (C=O) groups is 1. The van der Waals surface area contributed by atoms with Gasteiger partial charge >= 0.3 is 0 Å². The first-order valence-electron chi connectivity index (χ1n) is 7.42. The number of amides is 1. The molecule has 1 unspecified atom stereocenters. The monoisotopic (exact) mass is 329 g/mol. The predicted octanol–water partition coefficient (Wildman–Crippen LogP) is 2.79. The van der Waals surface area contributed by atoms with E-state index in [1.165, 1.54) is 0 Å². The molecule has 0 saturated carbocycles. The van der Waals surface area contributed by atoms with Gasteiger partial charge in [0.15, 0.2) is 9.84 Å². The summed E-state index contributed by atoms with van der Waals surface area (Å²) in [6.45, 7) is 6.66. The van der Waals surface area contributed by atoms with Crippen molar-refractivity contribution in [2.45, 2.75) is 46.1 Å². The molecule has 0 bridgehead atoms. The maximum atomic E-state index is 12.8. The summed E-state index contributed by atoms with van der Waals surface area (Å²) < 4.78 is 23.4. The second kappa shape index (κ2) is 6.48. The van der Waals surface area contributed by atoms with Crippen LogP contribution in [-0.2, 0) is 9.84 Å². The lowest BCUT2D eigenvalue weighted by Crippen LogP contribution is -2.41. The molecule has 1 amide bonds. The molecule has 1 aromatic rings. The molecule has 4 nitrogen and oxygen atoms in total. The fourth-order valence-corrected chi connectivity index (χ4v) is 5.44. The van der Waals surface area contributed by atoms with Crippen LogP contribution in [-0.4, -0.2) is 43.3 Å². The Hall–Kier alpha value is -0.880. The molecule has 0 aliphatic carbocycles. The molecule has 118 valence electrons. The van der Waals surface area contributed by atoms with Crippen molar-refractivity contribution in [3.8, 4) is 0 Å². The molecule has 0 spiro atoms. The van der Waals surface area contributed by atoms with E-state index in [9.17, 15) is 13.2 Å². The van der Waals surface area contributed by atoms with E-state index in [2.05, 4.69) is 6.92 Å². The summed E-state index contributed by atoms with van der Waals surface area (Å²) >= 11 is 1.62. The molecule has 1 fully saturated rings. The number of carbonyl (C=O) groups excluding carboxylic acids is 1. The molecule has 2 heterocycles. The highest BCUT2D eigenvalue weighted by atomic mass is 32.2. The zero-order valence-corrected chi connectivity index (χ0v) is 14.5. The Morgan fingerprint density at radius 1 is 1.43 bits per heavy atom. The maximum Gasteiger partial charge on any atom is 0.255 e. The lowest BCUT2D eigenvalue weighted by molar-refractivity contribution is 0.0694. The standard InChI is InChI=1S/C15H23NO3S2/c1-4-5-7-16(13-6-8-21(18,19)10-13)15(17)14-9-11(2)20-12(14)3/h9,13H,4-8,10H2,1-3H3. The molecule has 1 aliphatic rings. The van der Waals surface area contributed by atoms with E-state index >= 15 is 0 Å². The van der Waals surface area contributed by atoms with Gasteiger partial charge in [0.1, 0.15) is 0 Å². The summed E-state index contributed by atoms with van der Waals surface area (Å²) in [4.78, 5) is 16.7. The molecular formula is C15H23NO3S2. The zero-order chi connectivity index (χ0) is 15.6. The Bertz CT molecular complexity index is 619. The van der Waals surface area contributed by atoms with E-state index in [-0.39, 0.29) is 23.5 Å². The SMILES string of the molecule is CCCCN(C(=O)c1cc(C)sc1C)C1CCS(=O)(=O)C1. The number of aryl methyl sites for hydroxylation is 2. The largest absolute Gasteiger partial charge is 0.335 e. The molecule has 6 heteroatoms. The van der Waals surface area contributed by atoms with Crippen molar-refractivity contribution in [2.75, 3.05) is 18.1 Å². The van der Waals surface area contributed by atoms with Crippen molar-refractivity contribution >= 4 is 27.1 Å². The number of thiophene rings is 1. The summed E-state index contributed by atoms with van der Waals surface area (Å²) in [6.07, 6.45) is 2.47. The summed E-state index contributed by atoms with van der Waals surface area (Å²) in [5, 5.41) is 0. The quantitative estimate of drug-likeness (QED) is 0.834. The van der Waals surface area contributed by atoms with Crippen molar-refractivity contribution in [3.05, 3.63) is 21.4 Å². The molecule has 1 saturated heterocycles. The third kappa shape index (κ3) is 3.86. The summed E-state index contributed by atoms with van der Waals surface area (Å²) in [7, 11) is -2.98. The van der Waals surface area contributed by atoms with Gasteiger partial charge in [-0.25, -0.2) is 8.42 Å². The van der Waals surface area contributed by atoms with Gasteiger partial charge in [0, 0.05) is 22.3 Å². The minimum Gasteiger partial charge on any atom is -0.335 e. The minimum absolute atomic E-state index is 0.00704. The molecule has 21 heavy (non-hydrogen) atoms. The van der Waals surface area contributed by atoms with E-state index in [1.807, 2.05) is 19.9 Å². The van der Waals surface area contributed by atoms with Gasteiger partial charge in [0.05, 0.1) is 17.1 Å². The molecule has 0 aromatic carbocycles. The summed E-state index contributed by atoms with van der Waals surface area (Å²) in [6, 6.07) is 1.76. The van der Waals surface area contributed by atoms with Crippen LogP contribution in [0.15, 0.2) is 6.07 Å². The van der Waals surface area contributed by atoms with Gasteiger partial charge < -0.3 is 4.90 Å². The van der Waals surface area contributed by atoms with Crippen molar-refractivity contribution < 1.29 is 13.2 Å². The first kappa shape index (κ1) is 16.5. The highest BCUT2D eigenvalue weighted by Gasteiger charge is 2.35. The third-order valence-corrected chi connectivity index (χ3v) is 6.65. The highest BCUT2D eigenvalue weighted by molar-refractivity contribution is 7.91. The van der Waals surface area contributed by atoms with Gasteiger partial charge in [-0.15, -0.1) is 11.3 Å². The minimum atomic E-state index is -2.98. The number of rotatable bonds is 5. The van der Waals surface area contributed by atoms with Gasteiger partial charge in [-0.05, 0) is 32.8 Å².